The highest BCUT2D eigenvalue weighted by Gasteiger charge is 2.53. The van der Waals surface area contributed by atoms with Crippen LogP contribution in [0.15, 0.2) is 96.4 Å². The average Bonchev–Trinajstić information content (AvgIpc) is 3.09. The number of non-ortho nitro benzene ring substituents is 1. The van der Waals surface area contributed by atoms with Gasteiger partial charge in [-0.2, -0.15) is 0 Å². The van der Waals surface area contributed by atoms with Crippen LogP contribution in [0.2, 0.25) is 0 Å². The summed E-state index contributed by atoms with van der Waals surface area (Å²) in [5.41, 5.74) is 1.15. The van der Waals surface area contributed by atoms with Crippen LogP contribution in [0.3, 0.4) is 0 Å². The van der Waals surface area contributed by atoms with Gasteiger partial charge >= 0.3 is 12.1 Å². The molecule has 0 aromatic heterocycles. The Morgan fingerprint density at radius 3 is 2.17 bits per heavy atom. The van der Waals surface area contributed by atoms with Gasteiger partial charge in [0, 0.05) is 12.1 Å². The number of nitro benzene ring substituents is 1. The predicted octanol–water partition coefficient (Wildman–Crippen LogP) is 4.05. The number of halogens is 1. The lowest BCUT2D eigenvalue weighted by atomic mass is 10.0. The van der Waals surface area contributed by atoms with E-state index in [1.165, 1.54) is 24.3 Å². The quantitative estimate of drug-likeness (QED) is 0.0317. The summed E-state index contributed by atoms with van der Waals surface area (Å²) in [6, 6.07) is 19.6. The molecule has 0 aliphatic carbocycles. The third-order valence-corrected chi connectivity index (χ3v) is 8.16. The van der Waals surface area contributed by atoms with Crippen LogP contribution in [-0.4, -0.2) is 61.2 Å². The molecule has 3 aromatic rings. The third kappa shape index (κ3) is 8.74. The van der Waals surface area contributed by atoms with Gasteiger partial charge in [-0.15, -0.1) is 0 Å². The lowest BCUT2D eigenvalue weighted by Gasteiger charge is -2.46. The number of hydrogen-bond donors (Lipinski definition) is 3. The summed E-state index contributed by atoms with van der Waals surface area (Å²) in [7, 11) is 0. The third-order valence-electron chi connectivity index (χ3n) is 6.76. The molecular formula is C31H27BrN4O10S. The maximum absolute atomic E-state index is 13.5. The summed E-state index contributed by atoms with van der Waals surface area (Å²) in [5, 5.41) is 25.1. The number of benzene rings is 3. The summed E-state index contributed by atoms with van der Waals surface area (Å²) < 4.78 is 10.5. The Hall–Kier alpha value is -5.22. The van der Waals surface area contributed by atoms with Crippen molar-refractivity contribution in [2.24, 2.45) is 0 Å². The molecule has 1 fully saturated rings. The van der Waals surface area contributed by atoms with Gasteiger partial charge in [0.25, 0.3) is 11.6 Å². The van der Waals surface area contributed by atoms with Crippen molar-refractivity contribution in [3.63, 3.8) is 0 Å². The summed E-state index contributed by atoms with van der Waals surface area (Å²) in [5.74, 6) is -3.36. The summed E-state index contributed by atoms with van der Waals surface area (Å²) in [6.07, 6.45) is -0.901. The molecule has 1 heterocycles. The molecule has 244 valence electrons. The molecule has 14 nitrogen and oxygen atoms in total. The Morgan fingerprint density at radius 1 is 0.979 bits per heavy atom. The van der Waals surface area contributed by atoms with Crippen LogP contribution in [0.25, 0.3) is 0 Å². The standard InChI is InChI=1S/C31H27BrN4O10S/c32-15-23(38)26(30(41)45-16-20-11-13-22(14-12-20)36(43)44)35-28(40)25(29(35)47-18-37)33-27(39)24(21-9-5-2-6-10-21)34-31(42)46-17-19-7-3-1-4-8-19/h1-14,18,24-25,29,38H,15-17H2,(H,33,39)(H,34,42). The summed E-state index contributed by atoms with van der Waals surface area (Å²) in [4.78, 5) is 75.5. The van der Waals surface area contributed by atoms with Crippen molar-refractivity contribution in [1.82, 2.24) is 15.5 Å². The van der Waals surface area contributed by atoms with Crippen molar-refractivity contribution < 1.29 is 43.5 Å². The zero-order chi connectivity index (χ0) is 33.9. The summed E-state index contributed by atoms with van der Waals surface area (Å²) >= 11 is 3.60. The van der Waals surface area contributed by atoms with Gasteiger partial charge in [-0.1, -0.05) is 88.4 Å². The van der Waals surface area contributed by atoms with Gasteiger partial charge in [-0.3, -0.25) is 29.4 Å². The van der Waals surface area contributed by atoms with Gasteiger partial charge in [-0.25, -0.2) is 9.59 Å². The molecule has 1 saturated heterocycles. The number of esters is 1. The first-order chi connectivity index (χ1) is 22.6. The lowest BCUT2D eigenvalue weighted by molar-refractivity contribution is -0.384. The van der Waals surface area contributed by atoms with Crippen molar-refractivity contribution in [3.8, 4) is 0 Å². The Kier molecular flexibility index (Phi) is 12.1. The smallest absolute Gasteiger partial charge is 0.408 e. The topological polar surface area (TPSA) is 194 Å². The van der Waals surface area contributed by atoms with E-state index in [2.05, 4.69) is 26.6 Å². The fraction of sp³-hybridized carbons (Fsp3) is 0.194. The maximum atomic E-state index is 13.5. The number of β-lactam (4-membered cyclic amide) rings is 1. The number of carbonyl (C=O) groups excluding carboxylic acids is 5. The van der Waals surface area contributed by atoms with Gasteiger partial charge in [0.1, 0.15) is 36.4 Å². The van der Waals surface area contributed by atoms with Crippen LogP contribution in [0.4, 0.5) is 10.5 Å². The predicted molar refractivity (Wildman–Crippen MR) is 172 cm³/mol. The van der Waals surface area contributed by atoms with Crippen LogP contribution in [0.5, 0.6) is 0 Å². The van der Waals surface area contributed by atoms with E-state index >= 15 is 0 Å². The lowest BCUT2D eigenvalue weighted by Crippen LogP contribution is -2.70. The fourth-order valence-corrected chi connectivity index (χ4v) is 5.50. The number of hydrogen-bond acceptors (Lipinski definition) is 11. The van der Waals surface area contributed by atoms with Crippen LogP contribution >= 0.6 is 27.7 Å². The minimum atomic E-state index is -1.34. The van der Waals surface area contributed by atoms with E-state index in [0.29, 0.717) is 28.5 Å². The van der Waals surface area contributed by atoms with Crippen LogP contribution in [0.1, 0.15) is 22.7 Å². The maximum Gasteiger partial charge on any atom is 0.408 e. The number of amides is 3. The zero-order valence-electron chi connectivity index (χ0n) is 24.3. The van der Waals surface area contributed by atoms with E-state index in [0.717, 1.165) is 10.5 Å². The monoisotopic (exact) mass is 726 g/mol. The van der Waals surface area contributed by atoms with Gasteiger partial charge in [0.05, 0.1) is 10.3 Å². The highest BCUT2D eigenvalue weighted by molar-refractivity contribution is 9.09. The Labute approximate surface area is 280 Å². The number of nitrogens with one attached hydrogen (secondary N) is 2. The molecule has 1 aliphatic heterocycles. The first-order valence-electron chi connectivity index (χ1n) is 13.8. The minimum absolute atomic E-state index is 0.0591. The Balaban J connectivity index is 1.48. The molecule has 1 aliphatic rings. The van der Waals surface area contributed by atoms with Gasteiger partial charge in [0.15, 0.2) is 11.3 Å². The molecular weight excluding hydrogens is 700 g/mol. The van der Waals surface area contributed by atoms with Gasteiger partial charge in [-0.05, 0) is 28.8 Å². The van der Waals surface area contributed by atoms with Crippen LogP contribution in [0, 0.1) is 10.1 Å². The van der Waals surface area contributed by atoms with Crippen molar-refractivity contribution in [2.75, 3.05) is 5.33 Å². The number of alkyl carbamates (subject to hydrolysis) is 1. The number of likely N-dealkylation sites (tertiary alicyclic amines) is 1. The largest absolute Gasteiger partial charge is 0.509 e. The second-order valence-corrected chi connectivity index (χ2v) is 11.3. The number of aliphatic hydroxyl groups excluding tert-OH is 1. The van der Waals surface area contributed by atoms with E-state index < -0.39 is 57.7 Å². The molecule has 3 unspecified atom stereocenters. The summed E-state index contributed by atoms with van der Waals surface area (Å²) in [6.45, 7) is -0.412. The van der Waals surface area contributed by atoms with Crippen LogP contribution in [-0.2, 0) is 41.9 Å². The first kappa shape index (κ1) is 34.6. The van der Waals surface area contributed by atoms with Crippen molar-refractivity contribution in [1.29, 1.82) is 0 Å². The molecule has 0 bridgehead atoms. The Bertz CT molecular complexity index is 1660. The molecule has 0 saturated carbocycles. The van der Waals surface area contributed by atoms with E-state index in [1.54, 1.807) is 54.6 Å². The normalized spacial score (nSPS) is 16.5. The molecule has 3 aromatic carbocycles. The average molecular weight is 728 g/mol. The number of aliphatic hydroxyl groups is 1. The van der Waals surface area contributed by atoms with E-state index in [-0.39, 0.29) is 24.2 Å². The number of ether oxygens (including phenoxy) is 2. The Morgan fingerprint density at radius 2 is 1.57 bits per heavy atom. The van der Waals surface area contributed by atoms with Gasteiger partial charge < -0.3 is 25.2 Å². The number of thioether (sulfide) groups is 1. The highest BCUT2D eigenvalue weighted by atomic mass is 79.9. The fourth-order valence-electron chi connectivity index (χ4n) is 4.45. The number of alkyl halides is 1. The molecule has 4 rings (SSSR count). The second kappa shape index (κ2) is 16.4. The molecule has 3 atom stereocenters. The second-order valence-electron chi connectivity index (χ2n) is 9.80. The van der Waals surface area contributed by atoms with E-state index in [1.807, 2.05) is 6.07 Å². The number of nitro groups is 1. The van der Waals surface area contributed by atoms with Gasteiger partial charge in [0.2, 0.25) is 5.91 Å². The van der Waals surface area contributed by atoms with Crippen molar-refractivity contribution >= 4 is 62.9 Å². The molecule has 3 N–H and O–H groups in total. The zero-order valence-corrected chi connectivity index (χ0v) is 26.7. The molecule has 16 heteroatoms. The first-order valence-corrected chi connectivity index (χ1v) is 15.8. The highest BCUT2D eigenvalue weighted by Crippen LogP contribution is 2.35. The van der Waals surface area contributed by atoms with E-state index in [4.69, 9.17) is 9.47 Å². The molecule has 0 spiro atoms. The number of rotatable bonds is 14. The van der Waals surface area contributed by atoms with E-state index in [9.17, 15) is 39.2 Å². The SMILES string of the molecule is O=CSC1C(NC(=O)C(NC(=O)OCc2ccccc2)c2ccccc2)C(=O)N1C(C(=O)OCc1ccc([N+](=O)[O-])cc1)=C(O)CBr. The van der Waals surface area contributed by atoms with Crippen molar-refractivity contribution in [3.05, 3.63) is 123 Å². The van der Waals surface area contributed by atoms with Crippen molar-refractivity contribution in [2.45, 2.75) is 30.7 Å². The number of carbonyl (C=O) groups is 5. The molecule has 3 amide bonds. The number of nitrogens with zero attached hydrogens (tertiary/aromatic N) is 2. The minimum Gasteiger partial charge on any atom is -0.509 e. The number of allylic oxidation sites excluding steroid dienone is 1. The molecule has 0 radical (unpaired) electrons. The molecule has 47 heavy (non-hydrogen) atoms. The van der Waals surface area contributed by atoms with Crippen LogP contribution < -0.4 is 10.6 Å².